The van der Waals surface area contributed by atoms with Crippen LogP contribution in [0, 0.1) is 0 Å². The van der Waals surface area contributed by atoms with Crippen LogP contribution in [0.15, 0.2) is 72.8 Å². The molecule has 0 heterocycles. The van der Waals surface area contributed by atoms with E-state index in [1.54, 1.807) is 12.1 Å². The number of allylic oxidation sites excluding steroid dienone is 3. The molecule has 0 bridgehead atoms. The normalized spacial score (nSPS) is 11.7. The van der Waals surface area contributed by atoms with E-state index in [0.717, 1.165) is 16.3 Å². The van der Waals surface area contributed by atoms with Crippen molar-refractivity contribution in [1.82, 2.24) is 0 Å². The molecule has 0 amide bonds. The molecule has 114 valence electrons. The third kappa shape index (κ3) is 2.97. The standard InChI is InChI=1S/C21H18O2/c1-2-3-4-7-15-10-12-19(22)18(14-15)21-17-9-6-5-8-16(17)11-13-20(21)23/h2-14,22-23H,1H3/b3-2-,7-4-. The van der Waals surface area contributed by atoms with Crippen LogP contribution in [0.4, 0.5) is 0 Å². The summed E-state index contributed by atoms with van der Waals surface area (Å²) < 4.78 is 0. The SMILES string of the molecule is C/C=C\C=C/c1ccc(O)c(-c2c(O)ccc3ccccc23)c1. The van der Waals surface area contributed by atoms with E-state index < -0.39 is 0 Å². The number of hydrogen-bond acceptors (Lipinski definition) is 2. The van der Waals surface area contributed by atoms with E-state index in [1.807, 2.05) is 73.7 Å². The number of rotatable bonds is 3. The predicted molar refractivity (Wildman–Crippen MR) is 96.6 cm³/mol. The second kappa shape index (κ2) is 6.41. The smallest absolute Gasteiger partial charge is 0.124 e. The molecule has 23 heavy (non-hydrogen) atoms. The van der Waals surface area contributed by atoms with Gasteiger partial charge in [-0.2, -0.15) is 0 Å². The summed E-state index contributed by atoms with van der Waals surface area (Å²) in [4.78, 5) is 0. The molecule has 0 aromatic heterocycles. The fourth-order valence-corrected chi connectivity index (χ4v) is 2.68. The van der Waals surface area contributed by atoms with Gasteiger partial charge in [-0.1, -0.05) is 60.7 Å². The molecule has 0 fully saturated rings. The van der Waals surface area contributed by atoms with Gasteiger partial charge in [-0.3, -0.25) is 0 Å². The molecule has 0 aliphatic heterocycles. The molecule has 0 radical (unpaired) electrons. The summed E-state index contributed by atoms with van der Waals surface area (Å²) in [5, 5.41) is 22.6. The maximum atomic E-state index is 10.4. The summed E-state index contributed by atoms with van der Waals surface area (Å²) in [5.74, 6) is 0.313. The van der Waals surface area contributed by atoms with Crippen molar-refractivity contribution in [3.63, 3.8) is 0 Å². The first-order valence-electron chi connectivity index (χ1n) is 7.54. The lowest BCUT2D eigenvalue weighted by Gasteiger charge is -2.12. The zero-order chi connectivity index (χ0) is 16.2. The van der Waals surface area contributed by atoms with Gasteiger partial charge < -0.3 is 10.2 Å². The van der Waals surface area contributed by atoms with Gasteiger partial charge in [0.1, 0.15) is 11.5 Å². The topological polar surface area (TPSA) is 40.5 Å². The van der Waals surface area contributed by atoms with Gasteiger partial charge in [0.05, 0.1) is 0 Å². The molecular weight excluding hydrogens is 284 g/mol. The van der Waals surface area contributed by atoms with E-state index in [4.69, 9.17) is 0 Å². The van der Waals surface area contributed by atoms with Crippen molar-refractivity contribution in [2.45, 2.75) is 6.92 Å². The Hall–Kier alpha value is -3.00. The summed E-state index contributed by atoms with van der Waals surface area (Å²) in [5.41, 5.74) is 2.24. The Labute approximate surface area is 135 Å². The zero-order valence-corrected chi connectivity index (χ0v) is 12.9. The Balaban J connectivity index is 2.22. The number of aromatic hydroxyl groups is 2. The molecular formula is C21H18O2. The van der Waals surface area contributed by atoms with Gasteiger partial charge in [-0.25, -0.2) is 0 Å². The van der Waals surface area contributed by atoms with E-state index in [-0.39, 0.29) is 11.5 Å². The monoisotopic (exact) mass is 302 g/mol. The molecule has 0 aliphatic rings. The maximum absolute atomic E-state index is 10.4. The summed E-state index contributed by atoms with van der Waals surface area (Å²) in [6.45, 7) is 1.96. The Bertz CT molecular complexity index is 905. The van der Waals surface area contributed by atoms with Crippen molar-refractivity contribution >= 4 is 16.8 Å². The van der Waals surface area contributed by atoms with Crippen molar-refractivity contribution in [1.29, 1.82) is 0 Å². The Morgan fingerprint density at radius 1 is 0.826 bits per heavy atom. The second-order valence-electron chi connectivity index (χ2n) is 5.34. The van der Waals surface area contributed by atoms with Crippen LogP contribution < -0.4 is 0 Å². The van der Waals surface area contributed by atoms with Crippen LogP contribution in [0.5, 0.6) is 11.5 Å². The van der Waals surface area contributed by atoms with Crippen LogP contribution in [0.2, 0.25) is 0 Å². The van der Waals surface area contributed by atoms with Gasteiger partial charge in [0.15, 0.2) is 0 Å². The van der Waals surface area contributed by atoms with E-state index in [1.165, 1.54) is 0 Å². The fraction of sp³-hybridized carbons (Fsp3) is 0.0476. The Morgan fingerprint density at radius 3 is 2.43 bits per heavy atom. The maximum Gasteiger partial charge on any atom is 0.124 e. The highest BCUT2D eigenvalue weighted by Gasteiger charge is 2.13. The highest BCUT2D eigenvalue weighted by Crippen LogP contribution is 2.41. The summed E-state index contributed by atoms with van der Waals surface area (Å²) in [6.07, 6.45) is 7.81. The fourth-order valence-electron chi connectivity index (χ4n) is 2.68. The minimum atomic E-state index is 0.153. The van der Waals surface area contributed by atoms with Gasteiger partial charge in [0.2, 0.25) is 0 Å². The van der Waals surface area contributed by atoms with Crippen molar-refractivity contribution in [2.75, 3.05) is 0 Å². The van der Waals surface area contributed by atoms with E-state index >= 15 is 0 Å². The van der Waals surface area contributed by atoms with Crippen molar-refractivity contribution < 1.29 is 10.2 Å². The molecule has 0 spiro atoms. The Kier molecular flexibility index (Phi) is 4.15. The minimum absolute atomic E-state index is 0.153. The highest BCUT2D eigenvalue weighted by molar-refractivity contribution is 6.01. The van der Waals surface area contributed by atoms with E-state index in [9.17, 15) is 10.2 Å². The first-order chi connectivity index (χ1) is 11.2. The minimum Gasteiger partial charge on any atom is -0.507 e. The molecule has 0 unspecified atom stereocenters. The van der Waals surface area contributed by atoms with Crippen molar-refractivity contribution in [2.24, 2.45) is 0 Å². The lowest BCUT2D eigenvalue weighted by atomic mass is 9.95. The van der Waals surface area contributed by atoms with E-state index in [0.29, 0.717) is 11.1 Å². The van der Waals surface area contributed by atoms with Crippen LogP contribution in [-0.2, 0) is 0 Å². The second-order valence-corrected chi connectivity index (χ2v) is 5.34. The first kappa shape index (κ1) is 14.9. The van der Waals surface area contributed by atoms with Crippen LogP contribution in [0.3, 0.4) is 0 Å². The molecule has 2 nitrogen and oxygen atoms in total. The van der Waals surface area contributed by atoms with Gasteiger partial charge >= 0.3 is 0 Å². The van der Waals surface area contributed by atoms with Gasteiger partial charge in [-0.15, -0.1) is 0 Å². The summed E-state index contributed by atoms with van der Waals surface area (Å²) >= 11 is 0. The quantitative estimate of drug-likeness (QED) is 0.626. The molecule has 0 saturated heterocycles. The lowest BCUT2D eigenvalue weighted by molar-refractivity contribution is 0.469. The third-order valence-corrected chi connectivity index (χ3v) is 3.79. The van der Waals surface area contributed by atoms with Crippen LogP contribution >= 0.6 is 0 Å². The van der Waals surface area contributed by atoms with Gasteiger partial charge in [0.25, 0.3) is 0 Å². The van der Waals surface area contributed by atoms with Crippen LogP contribution in [0.1, 0.15) is 12.5 Å². The number of fused-ring (bicyclic) bond motifs is 1. The van der Waals surface area contributed by atoms with Crippen molar-refractivity contribution in [3.8, 4) is 22.6 Å². The van der Waals surface area contributed by atoms with Crippen molar-refractivity contribution in [3.05, 3.63) is 78.4 Å². The molecule has 2 heteroatoms. The number of phenols is 2. The average molecular weight is 302 g/mol. The summed E-state index contributed by atoms with van der Waals surface area (Å²) in [7, 11) is 0. The molecule has 0 atom stereocenters. The molecule has 2 N–H and O–H groups in total. The molecule has 3 aromatic carbocycles. The highest BCUT2D eigenvalue weighted by atomic mass is 16.3. The third-order valence-electron chi connectivity index (χ3n) is 3.79. The predicted octanol–water partition coefficient (Wildman–Crippen LogP) is 5.51. The van der Waals surface area contributed by atoms with E-state index in [2.05, 4.69) is 0 Å². The molecule has 3 aromatic rings. The number of benzene rings is 3. The Morgan fingerprint density at radius 2 is 1.61 bits per heavy atom. The molecule has 3 rings (SSSR count). The zero-order valence-electron chi connectivity index (χ0n) is 12.9. The first-order valence-corrected chi connectivity index (χ1v) is 7.54. The molecule has 0 aliphatic carbocycles. The average Bonchev–Trinajstić information content (AvgIpc) is 2.57. The summed E-state index contributed by atoms with van der Waals surface area (Å²) in [6, 6.07) is 16.8. The number of phenolic OH excluding ortho intramolecular Hbond substituents is 2. The van der Waals surface area contributed by atoms with Crippen LogP contribution in [0.25, 0.3) is 28.0 Å². The number of hydrogen-bond donors (Lipinski definition) is 2. The molecule has 0 saturated carbocycles. The largest absolute Gasteiger partial charge is 0.507 e. The lowest BCUT2D eigenvalue weighted by Crippen LogP contribution is -1.85. The van der Waals surface area contributed by atoms with Gasteiger partial charge in [0, 0.05) is 11.1 Å². The van der Waals surface area contributed by atoms with Crippen LogP contribution in [-0.4, -0.2) is 10.2 Å². The van der Waals surface area contributed by atoms with Gasteiger partial charge in [-0.05, 0) is 41.5 Å².